The SMILES string of the molecule is C=CC(=O)NCCCCc1c(C=CC)ccc2cc3ccccc3cc12. The molecule has 0 heterocycles. The van der Waals surface area contributed by atoms with Crippen molar-refractivity contribution in [2.24, 2.45) is 0 Å². The highest BCUT2D eigenvalue weighted by molar-refractivity contribution is 6.00. The summed E-state index contributed by atoms with van der Waals surface area (Å²) < 4.78 is 0. The topological polar surface area (TPSA) is 29.1 Å². The average Bonchev–Trinajstić information content (AvgIpc) is 2.67. The highest BCUT2D eigenvalue weighted by Gasteiger charge is 2.08. The van der Waals surface area contributed by atoms with E-state index in [-0.39, 0.29) is 5.91 Å². The maximum Gasteiger partial charge on any atom is 0.243 e. The van der Waals surface area contributed by atoms with E-state index in [9.17, 15) is 4.79 Å². The molecule has 0 aliphatic carbocycles. The van der Waals surface area contributed by atoms with Crippen molar-refractivity contribution in [3.8, 4) is 0 Å². The van der Waals surface area contributed by atoms with Crippen LogP contribution in [0.3, 0.4) is 0 Å². The summed E-state index contributed by atoms with van der Waals surface area (Å²) in [5.41, 5.74) is 2.67. The van der Waals surface area contributed by atoms with Crippen molar-refractivity contribution in [1.82, 2.24) is 5.32 Å². The Morgan fingerprint density at radius 2 is 1.81 bits per heavy atom. The number of hydrogen-bond acceptors (Lipinski definition) is 1. The smallest absolute Gasteiger partial charge is 0.243 e. The molecule has 132 valence electrons. The van der Waals surface area contributed by atoms with E-state index in [1.54, 1.807) is 0 Å². The van der Waals surface area contributed by atoms with E-state index < -0.39 is 0 Å². The summed E-state index contributed by atoms with van der Waals surface area (Å²) in [7, 11) is 0. The fourth-order valence-electron chi connectivity index (χ4n) is 3.42. The fourth-order valence-corrected chi connectivity index (χ4v) is 3.42. The number of allylic oxidation sites excluding steroid dienone is 1. The summed E-state index contributed by atoms with van der Waals surface area (Å²) in [5.74, 6) is -0.101. The fraction of sp³-hybridized carbons (Fsp3) is 0.208. The highest BCUT2D eigenvalue weighted by Crippen LogP contribution is 2.29. The first-order chi connectivity index (χ1) is 12.7. The van der Waals surface area contributed by atoms with Crippen LogP contribution in [0.1, 0.15) is 30.9 Å². The molecule has 1 amide bonds. The predicted octanol–water partition coefficient (Wildman–Crippen LogP) is 5.65. The lowest BCUT2D eigenvalue weighted by Crippen LogP contribution is -2.21. The van der Waals surface area contributed by atoms with Crippen LogP contribution in [0.2, 0.25) is 0 Å². The van der Waals surface area contributed by atoms with Crippen molar-refractivity contribution < 1.29 is 4.79 Å². The lowest BCUT2D eigenvalue weighted by atomic mass is 9.92. The van der Waals surface area contributed by atoms with Crippen molar-refractivity contribution in [3.63, 3.8) is 0 Å². The second kappa shape index (κ2) is 8.48. The number of amides is 1. The standard InChI is InChI=1S/C24H25NO/c1-3-9-18-13-14-21-16-19-10-5-6-11-20(19)17-23(21)22(18)12-7-8-15-25-24(26)4-2/h3-6,9-11,13-14,16-17H,2,7-8,12,15H2,1H3,(H,25,26). The van der Waals surface area contributed by atoms with Crippen LogP contribution in [0.25, 0.3) is 27.6 Å². The van der Waals surface area contributed by atoms with Gasteiger partial charge in [0.2, 0.25) is 5.91 Å². The summed E-state index contributed by atoms with van der Waals surface area (Å²) in [6.07, 6.45) is 8.59. The second-order valence-corrected chi connectivity index (χ2v) is 6.51. The number of nitrogens with one attached hydrogen (secondary N) is 1. The van der Waals surface area contributed by atoms with Crippen molar-refractivity contribution in [3.05, 3.63) is 78.4 Å². The third-order valence-corrected chi connectivity index (χ3v) is 4.72. The van der Waals surface area contributed by atoms with Gasteiger partial charge in [0.05, 0.1) is 0 Å². The van der Waals surface area contributed by atoms with Gasteiger partial charge in [0, 0.05) is 6.54 Å². The largest absolute Gasteiger partial charge is 0.353 e. The van der Waals surface area contributed by atoms with Crippen molar-refractivity contribution in [2.75, 3.05) is 6.54 Å². The summed E-state index contributed by atoms with van der Waals surface area (Å²) in [6, 6.07) is 17.5. The first-order valence-electron chi connectivity index (χ1n) is 9.20. The second-order valence-electron chi connectivity index (χ2n) is 6.51. The number of benzene rings is 3. The van der Waals surface area contributed by atoms with Crippen molar-refractivity contribution >= 4 is 33.5 Å². The molecule has 0 radical (unpaired) electrons. The van der Waals surface area contributed by atoms with Crippen LogP contribution >= 0.6 is 0 Å². The monoisotopic (exact) mass is 343 g/mol. The number of fused-ring (bicyclic) bond motifs is 2. The molecule has 0 atom stereocenters. The molecule has 26 heavy (non-hydrogen) atoms. The first kappa shape index (κ1) is 17.9. The summed E-state index contributed by atoms with van der Waals surface area (Å²) in [6.45, 7) is 6.23. The molecule has 0 saturated carbocycles. The van der Waals surface area contributed by atoms with E-state index in [4.69, 9.17) is 0 Å². The van der Waals surface area contributed by atoms with Gasteiger partial charge >= 0.3 is 0 Å². The Hall–Kier alpha value is -2.87. The molecule has 0 saturated heterocycles. The zero-order valence-corrected chi connectivity index (χ0v) is 15.3. The van der Waals surface area contributed by atoms with Gasteiger partial charge in [-0.1, -0.05) is 55.1 Å². The summed E-state index contributed by atoms with van der Waals surface area (Å²) in [5, 5.41) is 8.01. The number of unbranched alkanes of at least 4 members (excludes halogenated alkanes) is 1. The van der Waals surface area contributed by atoms with Gasteiger partial charge in [-0.05, 0) is 77.1 Å². The normalized spacial score (nSPS) is 11.3. The maximum absolute atomic E-state index is 11.2. The minimum absolute atomic E-state index is 0.101. The Kier molecular flexibility index (Phi) is 5.85. The first-order valence-corrected chi connectivity index (χ1v) is 9.20. The molecule has 3 aromatic carbocycles. The average molecular weight is 343 g/mol. The summed E-state index contributed by atoms with van der Waals surface area (Å²) in [4.78, 5) is 11.2. The molecule has 2 heteroatoms. The van der Waals surface area contributed by atoms with Crippen LogP contribution in [0, 0.1) is 0 Å². The molecule has 3 aromatic rings. The van der Waals surface area contributed by atoms with E-state index in [0.29, 0.717) is 6.54 Å². The van der Waals surface area contributed by atoms with E-state index in [2.05, 4.69) is 79.5 Å². The molecule has 0 aliphatic heterocycles. The van der Waals surface area contributed by atoms with E-state index in [1.165, 1.54) is 38.7 Å². The van der Waals surface area contributed by atoms with Crippen molar-refractivity contribution in [1.29, 1.82) is 0 Å². The zero-order valence-electron chi connectivity index (χ0n) is 15.3. The summed E-state index contributed by atoms with van der Waals surface area (Å²) >= 11 is 0. The Bertz CT molecular complexity index is 969. The third-order valence-electron chi connectivity index (χ3n) is 4.72. The van der Waals surface area contributed by atoms with Gasteiger partial charge in [0.25, 0.3) is 0 Å². The lowest BCUT2D eigenvalue weighted by molar-refractivity contribution is -0.116. The van der Waals surface area contributed by atoms with Crippen LogP contribution < -0.4 is 5.32 Å². The van der Waals surface area contributed by atoms with Gasteiger partial charge < -0.3 is 5.32 Å². The molecule has 0 bridgehead atoms. The van der Waals surface area contributed by atoms with Gasteiger partial charge in [0.15, 0.2) is 0 Å². The van der Waals surface area contributed by atoms with Crippen LogP contribution in [-0.4, -0.2) is 12.5 Å². The molecule has 3 rings (SSSR count). The number of rotatable bonds is 7. The Balaban J connectivity index is 1.89. The minimum atomic E-state index is -0.101. The van der Waals surface area contributed by atoms with Gasteiger partial charge in [-0.2, -0.15) is 0 Å². The highest BCUT2D eigenvalue weighted by atomic mass is 16.1. The minimum Gasteiger partial charge on any atom is -0.353 e. The van der Waals surface area contributed by atoms with Gasteiger partial charge in [-0.3, -0.25) is 4.79 Å². The molecule has 2 nitrogen and oxygen atoms in total. The number of aryl methyl sites for hydroxylation is 1. The van der Waals surface area contributed by atoms with Gasteiger partial charge in [0.1, 0.15) is 0 Å². The quantitative estimate of drug-likeness (QED) is 0.335. The molecule has 1 N–H and O–H groups in total. The molecule has 0 spiro atoms. The Morgan fingerprint density at radius 1 is 1.04 bits per heavy atom. The van der Waals surface area contributed by atoms with Gasteiger partial charge in [-0.15, -0.1) is 0 Å². The van der Waals surface area contributed by atoms with E-state index in [0.717, 1.165) is 19.3 Å². The molecule has 0 aromatic heterocycles. The van der Waals surface area contributed by atoms with Crippen LogP contribution in [0.4, 0.5) is 0 Å². The van der Waals surface area contributed by atoms with Crippen LogP contribution in [-0.2, 0) is 11.2 Å². The predicted molar refractivity (Wildman–Crippen MR) is 112 cm³/mol. The number of carbonyl (C=O) groups is 1. The lowest BCUT2D eigenvalue weighted by Gasteiger charge is -2.12. The molecular formula is C24H25NO. The van der Waals surface area contributed by atoms with Crippen LogP contribution in [0.5, 0.6) is 0 Å². The molecule has 0 aliphatic rings. The number of hydrogen-bond donors (Lipinski definition) is 1. The van der Waals surface area contributed by atoms with E-state index >= 15 is 0 Å². The Labute approximate surface area is 155 Å². The molecule has 0 fully saturated rings. The van der Waals surface area contributed by atoms with E-state index in [1.807, 2.05) is 0 Å². The van der Waals surface area contributed by atoms with Crippen molar-refractivity contribution in [2.45, 2.75) is 26.2 Å². The third kappa shape index (κ3) is 4.02. The number of carbonyl (C=O) groups excluding carboxylic acids is 1. The molecule has 0 unspecified atom stereocenters. The molecular weight excluding hydrogens is 318 g/mol. The van der Waals surface area contributed by atoms with Gasteiger partial charge in [-0.25, -0.2) is 0 Å². The maximum atomic E-state index is 11.2. The zero-order chi connectivity index (χ0) is 18.4. The Morgan fingerprint density at radius 3 is 2.54 bits per heavy atom. The van der Waals surface area contributed by atoms with Crippen LogP contribution in [0.15, 0.2) is 67.3 Å².